The van der Waals surface area contributed by atoms with E-state index in [1.54, 1.807) is 6.20 Å². The predicted molar refractivity (Wildman–Crippen MR) is 71.2 cm³/mol. The van der Waals surface area contributed by atoms with Gasteiger partial charge in [-0.1, -0.05) is 0 Å². The van der Waals surface area contributed by atoms with Crippen LogP contribution in [0.15, 0.2) is 35.4 Å². The van der Waals surface area contributed by atoms with Crippen molar-refractivity contribution in [1.29, 1.82) is 0 Å². The van der Waals surface area contributed by atoms with Gasteiger partial charge in [0.1, 0.15) is 5.82 Å². The van der Waals surface area contributed by atoms with E-state index in [1.165, 1.54) is 18.2 Å². The van der Waals surface area contributed by atoms with E-state index in [2.05, 4.69) is 15.5 Å². The number of rotatable bonds is 3. The number of hydrogen-bond acceptors (Lipinski definition) is 4. The van der Waals surface area contributed by atoms with E-state index in [9.17, 15) is 12.8 Å². The number of halogens is 1. The number of nitrogens with zero attached hydrogens (tertiary/aromatic N) is 1. The lowest BCUT2D eigenvalue weighted by atomic mass is 10.0. The van der Waals surface area contributed by atoms with Crippen molar-refractivity contribution in [2.45, 2.75) is 23.9 Å². The van der Waals surface area contributed by atoms with Crippen molar-refractivity contribution < 1.29 is 12.8 Å². The highest BCUT2D eigenvalue weighted by molar-refractivity contribution is 7.91. The number of hydrogen-bond donors (Lipinski definition) is 2. The average Bonchev–Trinajstić information content (AvgIpc) is 2.90. The Balaban J connectivity index is 1.89. The van der Waals surface area contributed by atoms with Crippen LogP contribution in [0.25, 0.3) is 0 Å². The second kappa shape index (κ2) is 4.99. The van der Waals surface area contributed by atoms with Gasteiger partial charge >= 0.3 is 0 Å². The van der Waals surface area contributed by atoms with Gasteiger partial charge in [0.25, 0.3) is 0 Å². The Hall–Kier alpha value is -1.73. The zero-order valence-corrected chi connectivity index (χ0v) is 11.5. The summed E-state index contributed by atoms with van der Waals surface area (Å²) in [6.07, 6.45) is 2.09. The molecule has 5 nitrogen and oxygen atoms in total. The van der Waals surface area contributed by atoms with Crippen LogP contribution >= 0.6 is 0 Å². The van der Waals surface area contributed by atoms with Crippen LogP contribution in [-0.2, 0) is 16.4 Å². The Morgan fingerprint density at radius 3 is 3.00 bits per heavy atom. The van der Waals surface area contributed by atoms with Gasteiger partial charge in [-0.25, -0.2) is 12.8 Å². The molecule has 0 spiro atoms. The van der Waals surface area contributed by atoms with E-state index in [0.717, 1.165) is 5.69 Å². The quantitative estimate of drug-likeness (QED) is 0.843. The molecule has 0 fully saturated rings. The SMILES string of the molecule is O=S1(=O)CCC(NCc2ccn[nH]2)c2cc(F)ccc21. The Kier molecular flexibility index (Phi) is 3.31. The maximum absolute atomic E-state index is 13.4. The highest BCUT2D eigenvalue weighted by Gasteiger charge is 2.30. The maximum atomic E-state index is 13.4. The minimum absolute atomic E-state index is 0.0757. The van der Waals surface area contributed by atoms with Crippen LogP contribution in [0.4, 0.5) is 4.39 Å². The van der Waals surface area contributed by atoms with Gasteiger partial charge in [0.15, 0.2) is 9.84 Å². The molecule has 0 saturated carbocycles. The van der Waals surface area contributed by atoms with E-state index >= 15 is 0 Å². The van der Waals surface area contributed by atoms with Gasteiger partial charge in [-0.2, -0.15) is 5.10 Å². The van der Waals surface area contributed by atoms with Crippen molar-refractivity contribution >= 4 is 9.84 Å². The summed E-state index contributed by atoms with van der Waals surface area (Å²) in [7, 11) is -3.29. The molecule has 1 aliphatic rings. The molecule has 3 rings (SSSR count). The molecule has 0 radical (unpaired) electrons. The summed E-state index contributed by atoms with van der Waals surface area (Å²) in [5.74, 6) is -0.346. The first-order valence-electron chi connectivity index (χ1n) is 6.30. The first-order chi connectivity index (χ1) is 9.56. The molecule has 0 aliphatic carbocycles. The van der Waals surface area contributed by atoms with Gasteiger partial charge in [-0.3, -0.25) is 5.10 Å². The van der Waals surface area contributed by atoms with Crippen molar-refractivity contribution in [3.05, 3.63) is 47.5 Å². The predicted octanol–water partition coefficient (Wildman–Crippen LogP) is 1.56. The fourth-order valence-corrected chi connectivity index (χ4v) is 4.04. The minimum Gasteiger partial charge on any atom is -0.304 e. The van der Waals surface area contributed by atoms with Crippen LogP contribution in [-0.4, -0.2) is 24.4 Å². The van der Waals surface area contributed by atoms with E-state index in [4.69, 9.17) is 0 Å². The number of sulfone groups is 1. The number of nitrogens with one attached hydrogen (secondary N) is 2. The zero-order valence-electron chi connectivity index (χ0n) is 10.6. The third-order valence-electron chi connectivity index (χ3n) is 3.45. The molecule has 0 saturated heterocycles. The van der Waals surface area contributed by atoms with Crippen LogP contribution in [0.1, 0.15) is 23.7 Å². The number of aromatic amines is 1. The minimum atomic E-state index is -3.29. The molecule has 20 heavy (non-hydrogen) atoms. The number of aromatic nitrogens is 2. The summed E-state index contributed by atoms with van der Waals surface area (Å²) >= 11 is 0. The van der Waals surface area contributed by atoms with E-state index in [0.29, 0.717) is 18.5 Å². The second-order valence-electron chi connectivity index (χ2n) is 4.81. The zero-order chi connectivity index (χ0) is 14.2. The highest BCUT2D eigenvalue weighted by Crippen LogP contribution is 2.32. The summed E-state index contributed by atoms with van der Waals surface area (Å²) in [6.45, 7) is 0.528. The average molecular weight is 295 g/mol. The molecule has 1 aromatic heterocycles. The van der Waals surface area contributed by atoms with Crippen molar-refractivity contribution in [2.75, 3.05) is 5.75 Å². The van der Waals surface area contributed by atoms with E-state index in [1.807, 2.05) is 6.07 Å². The van der Waals surface area contributed by atoms with Gasteiger partial charge in [0, 0.05) is 24.5 Å². The second-order valence-corrected chi connectivity index (χ2v) is 6.88. The third kappa shape index (κ3) is 2.46. The van der Waals surface area contributed by atoms with E-state index in [-0.39, 0.29) is 16.7 Å². The molecule has 0 bridgehead atoms. The van der Waals surface area contributed by atoms with Gasteiger partial charge in [0.2, 0.25) is 0 Å². The first kappa shape index (κ1) is 13.3. The van der Waals surface area contributed by atoms with Crippen molar-refractivity contribution in [3.63, 3.8) is 0 Å². The Bertz CT molecular complexity index is 713. The molecule has 1 unspecified atom stereocenters. The maximum Gasteiger partial charge on any atom is 0.178 e. The Morgan fingerprint density at radius 2 is 2.25 bits per heavy atom. The highest BCUT2D eigenvalue weighted by atomic mass is 32.2. The standard InChI is InChI=1S/C13H14FN3O2S/c14-9-1-2-13-11(7-9)12(4-6-20(13,18)19)15-8-10-3-5-16-17-10/h1-3,5,7,12,15H,4,6,8H2,(H,16,17). The van der Waals surface area contributed by atoms with Gasteiger partial charge in [-0.05, 0) is 36.2 Å². The third-order valence-corrected chi connectivity index (χ3v) is 5.27. The molecule has 0 amide bonds. The molecule has 1 aromatic carbocycles. The van der Waals surface area contributed by atoms with Crippen molar-refractivity contribution in [2.24, 2.45) is 0 Å². The van der Waals surface area contributed by atoms with Crippen molar-refractivity contribution in [3.8, 4) is 0 Å². The van der Waals surface area contributed by atoms with Gasteiger partial charge in [0.05, 0.1) is 10.6 Å². The summed E-state index contributed by atoms with van der Waals surface area (Å²) < 4.78 is 37.4. The fraction of sp³-hybridized carbons (Fsp3) is 0.308. The molecule has 106 valence electrons. The molecule has 7 heteroatoms. The topological polar surface area (TPSA) is 74.8 Å². The lowest BCUT2D eigenvalue weighted by Gasteiger charge is -2.26. The van der Waals surface area contributed by atoms with E-state index < -0.39 is 15.7 Å². The van der Waals surface area contributed by atoms with Crippen LogP contribution in [0.3, 0.4) is 0 Å². The normalized spacial score (nSPS) is 20.6. The van der Waals surface area contributed by atoms with Gasteiger partial charge < -0.3 is 5.32 Å². The lowest BCUT2D eigenvalue weighted by molar-refractivity contribution is 0.484. The lowest BCUT2D eigenvalue weighted by Crippen LogP contribution is -2.29. The van der Waals surface area contributed by atoms with Crippen LogP contribution in [0, 0.1) is 5.82 Å². The smallest absolute Gasteiger partial charge is 0.178 e. The molecule has 2 heterocycles. The molecular weight excluding hydrogens is 281 g/mol. The molecular formula is C13H14FN3O2S. The largest absolute Gasteiger partial charge is 0.304 e. The molecule has 2 N–H and O–H groups in total. The summed E-state index contributed by atoms with van der Waals surface area (Å²) in [5.41, 5.74) is 1.41. The number of H-pyrrole nitrogens is 1. The fourth-order valence-electron chi connectivity index (χ4n) is 2.44. The molecule has 1 aliphatic heterocycles. The Morgan fingerprint density at radius 1 is 1.40 bits per heavy atom. The molecule has 1 atom stereocenters. The number of fused-ring (bicyclic) bond motifs is 1. The summed E-state index contributed by atoms with van der Waals surface area (Å²) in [5, 5.41) is 9.91. The van der Waals surface area contributed by atoms with Crippen LogP contribution in [0.2, 0.25) is 0 Å². The Labute approximate surface area is 116 Å². The first-order valence-corrected chi connectivity index (χ1v) is 7.95. The van der Waals surface area contributed by atoms with Crippen LogP contribution < -0.4 is 5.32 Å². The monoisotopic (exact) mass is 295 g/mol. The number of benzene rings is 1. The van der Waals surface area contributed by atoms with Crippen LogP contribution in [0.5, 0.6) is 0 Å². The van der Waals surface area contributed by atoms with Gasteiger partial charge in [-0.15, -0.1) is 0 Å². The summed E-state index contributed by atoms with van der Waals surface area (Å²) in [6, 6.07) is 5.50. The molecule has 2 aromatic rings. The van der Waals surface area contributed by atoms with Crippen molar-refractivity contribution in [1.82, 2.24) is 15.5 Å². The summed E-state index contributed by atoms with van der Waals surface area (Å²) in [4.78, 5) is 0.229.